The van der Waals surface area contributed by atoms with Crippen LogP contribution in [0.15, 0.2) is 48.5 Å². The van der Waals surface area contributed by atoms with E-state index in [1.807, 2.05) is 25.1 Å². The van der Waals surface area contributed by atoms with Gasteiger partial charge in [0, 0.05) is 10.7 Å². The van der Waals surface area contributed by atoms with Crippen LogP contribution in [0.4, 0.5) is 5.69 Å². The predicted molar refractivity (Wildman–Crippen MR) is 78.2 cm³/mol. The minimum Gasteiger partial charge on any atom is -0.398 e. The third-order valence-electron chi connectivity index (χ3n) is 2.92. The van der Waals surface area contributed by atoms with Gasteiger partial charge in [0.2, 0.25) is 0 Å². The Balaban J connectivity index is 2.16. The van der Waals surface area contributed by atoms with Crippen LogP contribution in [0.5, 0.6) is 0 Å². The summed E-state index contributed by atoms with van der Waals surface area (Å²) in [5.41, 5.74) is 7.60. The first-order valence-electron chi connectivity index (χ1n) is 5.99. The molecule has 0 aliphatic heterocycles. The van der Waals surface area contributed by atoms with E-state index in [2.05, 4.69) is 5.32 Å². The molecular formula is C15H15ClN2O. The van der Waals surface area contributed by atoms with Gasteiger partial charge in [-0.15, -0.1) is 0 Å². The number of benzene rings is 2. The Morgan fingerprint density at radius 3 is 2.47 bits per heavy atom. The summed E-state index contributed by atoms with van der Waals surface area (Å²) in [6.07, 6.45) is 0. The van der Waals surface area contributed by atoms with E-state index in [0.717, 1.165) is 5.56 Å². The SMILES string of the molecule is CC(NC(=O)c1ccccc1N)c1ccccc1Cl. The molecule has 0 fully saturated rings. The smallest absolute Gasteiger partial charge is 0.253 e. The molecule has 0 spiro atoms. The fraction of sp³-hybridized carbons (Fsp3) is 0.133. The van der Waals surface area contributed by atoms with Crippen molar-refractivity contribution in [3.05, 3.63) is 64.7 Å². The molecule has 0 saturated carbocycles. The Labute approximate surface area is 117 Å². The maximum atomic E-state index is 12.1. The van der Waals surface area contributed by atoms with Crippen LogP contribution in [-0.2, 0) is 0 Å². The molecule has 3 N–H and O–H groups in total. The number of para-hydroxylation sites is 1. The van der Waals surface area contributed by atoms with Crippen molar-refractivity contribution in [1.82, 2.24) is 5.32 Å². The normalized spacial score (nSPS) is 11.9. The molecule has 0 aromatic heterocycles. The van der Waals surface area contributed by atoms with Gasteiger partial charge in [-0.05, 0) is 30.7 Å². The van der Waals surface area contributed by atoms with Crippen molar-refractivity contribution in [2.75, 3.05) is 5.73 Å². The minimum atomic E-state index is -0.203. The first-order chi connectivity index (χ1) is 9.09. The fourth-order valence-electron chi connectivity index (χ4n) is 1.88. The second-order valence-corrected chi connectivity index (χ2v) is 4.71. The summed E-state index contributed by atoms with van der Waals surface area (Å²) in [4.78, 5) is 12.1. The van der Waals surface area contributed by atoms with Gasteiger partial charge in [0.1, 0.15) is 0 Å². The fourth-order valence-corrected chi connectivity index (χ4v) is 2.18. The summed E-state index contributed by atoms with van der Waals surface area (Å²) in [6.45, 7) is 1.89. The van der Waals surface area contributed by atoms with E-state index >= 15 is 0 Å². The van der Waals surface area contributed by atoms with Crippen LogP contribution in [0.3, 0.4) is 0 Å². The van der Waals surface area contributed by atoms with Gasteiger partial charge in [0.05, 0.1) is 11.6 Å². The summed E-state index contributed by atoms with van der Waals surface area (Å²) in [5, 5.41) is 3.53. The Morgan fingerprint density at radius 2 is 1.79 bits per heavy atom. The second-order valence-electron chi connectivity index (χ2n) is 4.30. The van der Waals surface area contributed by atoms with Crippen molar-refractivity contribution in [2.45, 2.75) is 13.0 Å². The molecule has 4 heteroatoms. The van der Waals surface area contributed by atoms with E-state index in [-0.39, 0.29) is 11.9 Å². The molecule has 98 valence electrons. The van der Waals surface area contributed by atoms with Gasteiger partial charge in [-0.25, -0.2) is 0 Å². The van der Waals surface area contributed by atoms with Crippen molar-refractivity contribution >= 4 is 23.2 Å². The lowest BCUT2D eigenvalue weighted by Crippen LogP contribution is -2.27. The number of anilines is 1. The van der Waals surface area contributed by atoms with Crippen molar-refractivity contribution in [2.24, 2.45) is 0 Å². The van der Waals surface area contributed by atoms with E-state index in [1.54, 1.807) is 30.3 Å². The number of carbonyl (C=O) groups excluding carboxylic acids is 1. The number of nitrogen functional groups attached to an aromatic ring is 1. The molecule has 0 aliphatic carbocycles. The van der Waals surface area contributed by atoms with Gasteiger partial charge in [0.15, 0.2) is 0 Å². The molecule has 1 amide bonds. The number of amides is 1. The summed E-state index contributed by atoms with van der Waals surface area (Å²) in [7, 11) is 0. The lowest BCUT2D eigenvalue weighted by Gasteiger charge is -2.16. The molecule has 0 saturated heterocycles. The van der Waals surface area contributed by atoms with Crippen molar-refractivity contribution < 1.29 is 4.79 Å². The van der Waals surface area contributed by atoms with Crippen molar-refractivity contribution in [3.8, 4) is 0 Å². The van der Waals surface area contributed by atoms with Crippen molar-refractivity contribution in [3.63, 3.8) is 0 Å². The maximum Gasteiger partial charge on any atom is 0.253 e. The lowest BCUT2D eigenvalue weighted by atomic mass is 10.1. The first-order valence-corrected chi connectivity index (χ1v) is 6.37. The predicted octanol–water partition coefficient (Wildman–Crippen LogP) is 3.41. The topological polar surface area (TPSA) is 55.1 Å². The highest BCUT2D eigenvalue weighted by Gasteiger charge is 2.14. The lowest BCUT2D eigenvalue weighted by molar-refractivity contribution is 0.0941. The van der Waals surface area contributed by atoms with Gasteiger partial charge >= 0.3 is 0 Å². The van der Waals surface area contributed by atoms with Crippen LogP contribution < -0.4 is 11.1 Å². The Bertz CT molecular complexity index is 598. The summed E-state index contributed by atoms with van der Waals surface area (Å²) in [6, 6.07) is 14.2. The van der Waals surface area contributed by atoms with E-state index in [9.17, 15) is 4.79 Å². The Morgan fingerprint density at radius 1 is 1.16 bits per heavy atom. The second kappa shape index (κ2) is 5.76. The van der Waals surface area contributed by atoms with Gasteiger partial charge < -0.3 is 11.1 Å². The zero-order valence-electron chi connectivity index (χ0n) is 10.6. The van der Waals surface area contributed by atoms with Gasteiger partial charge in [-0.1, -0.05) is 41.9 Å². The molecule has 2 aromatic rings. The average molecular weight is 275 g/mol. The molecule has 19 heavy (non-hydrogen) atoms. The minimum absolute atomic E-state index is 0.180. The van der Waals surface area contributed by atoms with E-state index in [1.165, 1.54) is 0 Å². The Kier molecular flexibility index (Phi) is 4.07. The molecule has 1 atom stereocenters. The average Bonchev–Trinajstić information content (AvgIpc) is 2.39. The highest BCUT2D eigenvalue weighted by Crippen LogP contribution is 2.22. The first kappa shape index (κ1) is 13.4. The molecular weight excluding hydrogens is 260 g/mol. The molecule has 0 radical (unpaired) electrons. The molecule has 3 nitrogen and oxygen atoms in total. The van der Waals surface area contributed by atoms with E-state index < -0.39 is 0 Å². The zero-order chi connectivity index (χ0) is 13.8. The third kappa shape index (κ3) is 3.06. The highest BCUT2D eigenvalue weighted by atomic mass is 35.5. The van der Waals surface area contributed by atoms with Crippen LogP contribution in [0, 0.1) is 0 Å². The summed E-state index contributed by atoms with van der Waals surface area (Å²) in [5.74, 6) is -0.203. The van der Waals surface area contributed by atoms with E-state index in [4.69, 9.17) is 17.3 Å². The van der Waals surface area contributed by atoms with Crippen LogP contribution in [0.25, 0.3) is 0 Å². The van der Waals surface area contributed by atoms with Crippen LogP contribution in [-0.4, -0.2) is 5.91 Å². The number of nitrogens with one attached hydrogen (secondary N) is 1. The summed E-state index contributed by atoms with van der Waals surface area (Å²) < 4.78 is 0. The standard InChI is InChI=1S/C15H15ClN2O/c1-10(11-6-2-4-8-13(11)16)18-15(19)12-7-3-5-9-14(12)17/h2-10H,17H2,1H3,(H,18,19). The highest BCUT2D eigenvalue weighted by molar-refractivity contribution is 6.31. The summed E-state index contributed by atoms with van der Waals surface area (Å²) >= 11 is 6.10. The van der Waals surface area contributed by atoms with Crippen LogP contribution >= 0.6 is 11.6 Å². The number of halogens is 1. The quantitative estimate of drug-likeness (QED) is 0.843. The van der Waals surface area contributed by atoms with Gasteiger partial charge in [0.25, 0.3) is 5.91 Å². The Hall–Kier alpha value is -2.00. The van der Waals surface area contributed by atoms with E-state index in [0.29, 0.717) is 16.3 Å². The largest absolute Gasteiger partial charge is 0.398 e. The number of carbonyl (C=O) groups is 1. The number of rotatable bonds is 3. The van der Waals surface area contributed by atoms with Gasteiger partial charge in [-0.3, -0.25) is 4.79 Å². The number of nitrogens with two attached hydrogens (primary N) is 1. The third-order valence-corrected chi connectivity index (χ3v) is 3.27. The van der Waals surface area contributed by atoms with Crippen molar-refractivity contribution in [1.29, 1.82) is 0 Å². The van der Waals surface area contributed by atoms with Crippen LogP contribution in [0.2, 0.25) is 5.02 Å². The maximum absolute atomic E-state index is 12.1. The molecule has 2 rings (SSSR count). The molecule has 1 unspecified atom stereocenters. The number of hydrogen-bond acceptors (Lipinski definition) is 2. The monoisotopic (exact) mass is 274 g/mol. The van der Waals surface area contributed by atoms with Gasteiger partial charge in [-0.2, -0.15) is 0 Å². The van der Waals surface area contributed by atoms with Crippen LogP contribution in [0.1, 0.15) is 28.9 Å². The molecule has 2 aromatic carbocycles. The zero-order valence-corrected chi connectivity index (χ0v) is 11.3. The number of hydrogen-bond donors (Lipinski definition) is 2. The molecule has 0 heterocycles. The molecule has 0 bridgehead atoms. The molecule has 0 aliphatic rings.